The van der Waals surface area contributed by atoms with Crippen LogP contribution < -0.4 is 0 Å². The second-order valence-electron chi connectivity index (χ2n) is 7.16. The number of halogens is 1. The summed E-state index contributed by atoms with van der Waals surface area (Å²) >= 11 is 8.03. The first-order valence-corrected chi connectivity index (χ1v) is 11.0. The maximum absolute atomic E-state index is 10.4. The van der Waals surface area contributed by atoms with Crippen LogP contribution >= 0.6 is 23.4 Å². The van der Waals surface area contributed by atoms with Gasteiger partial charge in [0.2, 0.25) is 0 Å². The van der Waals surface area contributed by atoms with Gasteiger partial charge in [-0.25, -0.2) is 4.79 Å². The summed E-state index contributed by atoms with van der Waals surface area (Å²) in [6.07, 6.45) is 4.94. The first kappa shape index (κ1) is 21.8. The van der Waals surface area contributed by atoms with Gasteiger partial charge in [-0.3, -0.25) is 0 Å². The van der Waals surface area contributed by atoms with Crippen molar-refractivity contribution in [2.45, 2.75) is 56.1 Å². The van der Waals surface area contributed by atoms with Crippen molar-refractivity contribution in [1.29, 1.82) is 0 Å². The summed E-state index contributed by atoms with van der Waals surface area (Å²) in [5.41, 5.74) is 0. The summed E-state index contributed by atoms with van der Waals surface area (Å²) in [5, 5.41) is 29.0. The van der Waals surface area contributed by atoms with Crippen molar-refractivity contribution in [3.05, 3.63) is 0 Å². The Labute approximate surface area is 164 Å². The minimum absolute atomic E-state index is 0.0576. The first-order valence-electron chi connectivity index (χ1n) is 9.37. The van der Waals surface area contributed by atoms with Gasteiger partial charge in [0, 0.05) is 17.0 Å². The summed E-state index contributed by atoms with van der Waals surface area (Å²) in [6, 6.07) is 0. The lowest BCUT2D eigenvalue weighted by molar-refractivity contribution is -0.141. The summed E-state index contributed by atoms with van der Waals surface area (Å²) in [7, 11) is 0. The number of ether oxygens (including phenoxy) is 1. The van der Waals surface area contributed by atoms with E-state index in [9.17, 15) is 15.0 Å². The van der Waals surface area contributed by atoms with Crippen LogP contribution in [0.15, 0.2) is 0 Å². The Hall–Kier alpha value is -0.450. The summed E-state index contributed by atoms with van der Waals surface area (Å²) in [5.74, 6) is 6.64. The highest BCUT2D eigenvalue weighted by atomic mass is 35.5. The van der Waals surface area contributed by atoms with Crippen LogP contribution in [-0.2, 0) is 9.53 Å². The molecular weight excluding hydrogens is 376 g/mol. The predicted octanol–water partition coefficient (Wildman–Crippen LogP) is 2.37. The molecule has 148 valence electrons. The van der Waals surface area contributed by atoms with E-state index in [-0.39, 0.29) is 29.7 Å². The van der Waals surface area contributed by atoms with Crippen LogP contribution in [0.5, 0.6) is 0 Å². The van der Waals surface area contributed by atoms with Gasteiger partial charge in [0.25, 0.3) is 0 Å². The van der Waals surface area contributed by atoms with E-state index in [0.717, 1.165) is 31.4 Å². The average Bonchev–Trinajstić information content (AvgIpc) is 2.89. The summed E-state index contributed by atoms with van der Waals surface area (Å²) in [6.45, 7) is 0.0872. The Balaban J connectivity index is 1.81. The highest BCUT2D eigenvalue weighted by Gasteiger charge is 2.40. The fourth-order valence-electron chi connectivity index (χ4n) is 3.72. The summed E-state index contributed by atoms with van der Waals surface area (Å²) < 4.78 is 5.02. The van der Waals surface area contributed by atoms with Crippen molar-refractivity contribution in [3.63, 3.8) is 0 Å². The van der Waals surface area contributed by atoms with Crippen LogP contribution in [0.25, 0.3) is 0 Å². The van der Waals surface area contributed by atoms with Gasteiger partial charge in [-0.2, -0.15) is 11.8 Å². The van der Waals surface area contributed by atoms with E-state index in [4.69, 9.17) is 21.4 Å². The van der Waals surface area contributed by atoms with Crippen molar-refractivity contribution < 1.29 is 24.9 Å². The molecule has 0 radical (unpaired) electrons. The van der Waals surface area contributed by atoms with E-state index in [2.05, 4.69) is 11.8 Å². The number of thioether (sulfide) groups is 1. The quantitative estimate of drug-likeness (QED) is 0.327. The summed E-state index contributed by atoms with van der Waals surface area (Å²) in [4.78, 5) is 10.4. The SMILES string of the molecule is O=C(O)COCCSC[C@@H]1[C@@H](C#CC(O)C2CCCCC2)[C@H](O)C[C@H]1Cl. The Morgan fingerprint density at radius 2 is 2.04 bits per heavy atom. The van der Waals surface area contributed by atoms with Gasteiger partial charge in [-0.15, -0.1) is 11.6 Å². The Kier molecular flexibility index (Phi) is 9.58. The number of carboxylic acid groups (broad SMARTS) is 1. The Bertz CT molecular complexity index is 500. The van der Waals surface area contributed by atoms with E-state index in [0.29, 0.717) is 18.8 Å². The van der Waals surface area contributed by atoms with Crippen LogP contribution in [0.4, 0.5) is 0 Å². The van der Waals surface area contributed by atoms with Crippen LogP contribution in [0.2, 0.25) is 0 Å². The number of aliphatic hydroxyl groups excluding tert-OH is 2. The molecule has 0 aliphatic heterocycles. The lowest BCUT2D eigenvalue weighted by Crippen LogP contribution is -2.24. The van der Waals surface area contributed by atoms with Gasteiger partial charge in [0.1, 0.15) is 12.7 Å². The molecule has 0 aromatic heterocycles. The van der Waals surface area contributed by atoms with Gasteiger partial charge in [-0.1, -0.05) is 31.1 Å². The zero-order chi connectivity index (χ0) is 18.9. The molecule has 3 N–H and O–H groups in total. The molecule has 2 aliphatic carbocycles. The van der Waals surface area contributed by atoms with Gasteiger partial charge in [0.15, 0.2) is 0 Å². The van der Waals surface area contributed by atoms with E-state index in [1.807, 2.05) is 0 Å². The number of rotatable bonds is 8. The van der Waals surface area contributed by atoms with Gasteiger partial charge in [-0.05, 0) is 30.9 Å². The highest BCUT2D eigenvalue weighted by molar-refractivity contribution is 7.99. The smallest absolute Gasteiger partial charge is 0.329 e. The fraction of sp³-hybridized carbons (Fsp3) is 0.842. The normalized spacial score (nSPS) is 30.6. The number of aliphatic hydroxyl groups is 2. The fourth-order valence-corrected chi connectivity index (χ4v) is 5.37. The molecule has 0 heterocycles. The molecular formula is C19H29ClO5S. The monoisotopic (exact) mass is 404 g/mol. The maximum atomic E-state index is 10.4. The number of carbonyl (C=O) groups is 1. The minimum Gasteiger partial charge on any atom is -0.480 e. The molecule has 5 atom stereocenters. The highest BCUT2D eigenvalue weighted by Crippen LogP contribution is 2.38. The van der Waals surface area contributed by atoms with Crippen LogP contribution in [0.1, 0.15) is 38.5 Å². The van der Waals surface area contributed by atoms with Crippen LogP contribution in [0, 0.1) is 29.6 Å². The van der Waals surface area contributed by atoms with Crippen molar-refractivity contribution >= 4 is 29.3 Å². The predicted molar refractivity (Wildman–Crippen MR) is 103 cm³/mol. The molecule has 7 heteroatoms. The van der Waals surface area contributed by atoms with E-state index in [1.165, 1.54) is 6.42 Å². The number of hydrogen-bond donors (Lipinski definition) is 3. The molecule has 2 aliphatic rings. The lowest BCUT2D eigenvalue weighted by Gasteiger charge is -2.23. The van der Waals surface area contributed by atoms with Crippen molar-refractivity contribution in [2.75, 3.05) is 24.7 Å². The first-order chi connectivity index (χ1) is 12.5. The largest absolute Gasteiger partial charge is 0.480 e. The van der Waals surface area contributed by atoms with Crippen molar-refractivity contribution in [1.82, 2.24) is 0 Å². The molecule has 0 bridgehead atoms. The molecule has 0 amide bonds. The van der Waals surface area contributed by atoms with E-state index in [1.54, 1.807) is 11.8 Å². The topological polar surface area (TPSA) is 87.0 Å². The maximum Gasteiger partial charge on any atom is 0.329 e. The number of alkyl halides is 1. The van der Waals surface area contributed by atoms with Crippen LogP contribution in [-0.4, -0.2) is 63.6 Å². The second kappa shape index (κ2) is 11.4. The molecule has 2 fully saturated rings. The number of hydrogen-bond acceptors (Lipinski definition) is 5. The molecule has 0 aromatic carbocycles. The molecule has 1 unspecified atom stereocenters. The van der Waals surface area contributed by atoms with E-state index < -0.39 is 18.2 Å². The van der Waals surface area contributed by atoms with Gasteiger partial charge in [0.05, 0.1) is 18.6 Å². The van der Waals surface area contributed by atoms with Gasteiger partial charge < -0.3 is 20.1 Å². The minimum atomic E-state index is -0.971. The standard InChI is InChI=1S/C19H29ClO5S/c20-16-10-18(22)14(6-7-17(21)13-4-2-1-3-5-13)15(16)12-26-9-8-25-11-19(23)24/h13-18,21-22H,1-5,8-12H2,(H,23,24)/t14-,15-,16-,17?,18-/m1/s1. The lowest BCUT2D eigenvalue weighted by atomic mass is 9.85. The molecule has 5 nitrogen and oxygen atoms in total. The third-order valence-corrected chi connectivity index (χ3v) is 6.79. The second-order valence-corrected chi connectivity index (χ2v) is 8.87. The molecule has 0 spiro atoms. The molecule has 2 rings (SSSR count). The van der Waals surface area contributed by atoms with Gasteiger partial charge >= 0.3 is 5.97 Å². The number of carboxylic acids is 1. The molecule has 2 saturated carbocycles. The Morgan fingerprint density at radius 1 is 1.31 bits per heavy atom. The Morgan fingerprint density at radius 3 is 2.73 bits per heavy atom. The van der Waals surface area contributed by atoms with Crippen LogP contribution in [0.3, 0.4) is 0 Å². The van der Waals surface area contributed by atoms with Crippen molar-refractivity contribution in [2.24, 2.45) is 17.8 Å². The third kappa shape index (κ3) is 6.94. The molecule has 0 saturated heterocycles. The molecule has 26 heavy (non-hydrogen) atoms. The third-order valence-electron chi connectivity index (χ3n) is 5.21. The zero-order valence-electron chi connectivity index (χ0n) is 15.0. The zero-order valence-corrected chi connectivity index (χ0v) is 16.6. The van der Waals surface area contributed by atoms with Crippen molar-refractivity contribution in [3.8, 4) is 11.8 Å². The average molecular weight is 405 g/mol. The number of aliphatic carboxylic acids is 1. The van der Waals surface area contributed by atoms with E-state index >= 15 is 0 Å². The molecule has 0 aromatic rings.